The van der Waals surface area contributed by atoms with Gasteiger partial charge in [-0.05, 0) is 19.3 Å². The highest BCUT2D eigenvalue weighted by atomic mass is 16.7. The van der Waals surface area contributed by atoms with E-state index in [4.69, 9.17) is 9.47 Å². The first-order valence-electron chi connectivity index (χ1n) is 6.61. The summed E-state index contributed by atoms with van der Waals surface area (Å²) in [7, 11) is 0. The van der Waals surface area contributed by atoms with Crippen LogP contribution in [0, 0.1) is 0 Å². The van der Waals surface area contributed by atoms with Crippen molar-refractivity contribution in [2.24, 2.45) is 0 Å². The van der Waals surface area contributed by atoms with Gasteiger partial charge in [0.2, 0.25) is 6.29 Å². The van der Waals surface area contributed by atoms with Gasteiger partial charge in [-0.1, -0.05) is 26.2 Å². The fourth-order valence-electron chi connectivity index (χ4n) is 1.83. The standard InChI is InChI=1S/C13H22O4/c1-2-3-4-5-10-13-16-11(14)8-6-7-9-12(15)17-13/h13H,2-10H2,1H3. The summed E-state index contributed by atoms with van der Waals surface area (Å²) < 4.78 is 10.3. The van der Waals surface area contributed by atoms with Gasteiger partial charge in [-0.2, -0.15) is 0 Å². The van der Waals surface area contributed by atoms with Gasteiger partial charge in [0.05, 0.1) is 0 Å². The number of ether oxygens (including phenoxy) is 2. The third-order valence-electron chi connectivity index (χ3n) is 2.83. The Morgan fingerprint density at radius 2 is 1.59 bits per heavy atom. The van der Waals surface area contributed by atoms with E-state index in [1.807, 2.05) is 0 Å². The summed E-state index contributed by atoms with van der Waals surface area (Å²) in [6, 6.07) is 0. The lowest BCUT2D eigenvalue weighted by molar-refractivity contribution is -0.187. The molecular formula is C13H22O4. The zero-order valence-electron chi connectivity index (χ0n) is 10.6. The van der Waals surface area contributed by atoms with Crippen molar-refractivity contribution in [3.05, 3.63) is 0 Å². The van der Waals surface area contributed by atoms with E-state index in [-0.39, 0.29) is 11.9 Å². The maximum absolute atomic E-state index is 11.4. The highest BCUT2D eigenvalue weighted by Crippen LogP contribution is 2.15. The molecule has 0 N–H and O–H groups in total. The molecule has 17 heavy (non-hydrogen) atoms. The smallest absolute Gasteiger partial charge is 0.308 e. The molecule has 0 aromatic heterocycles. The Morgan fingerprint density at radius 1 is 1.00 bits per heavy atom. The van der Waals surface area contributed by atoms with Crippen molar-refractivity contribution in [3.8, 4) is 0 Å². The number of cyclic esters (lactones) is 2. The molecule has 0 aliphatic carbocycles. The summed E-state index contributed by atoms with van der Waals surface area (Å²) in [6.07, 6.45) is 6.49. The summed E-state index contributed by atoms with van der Waals surface area (Å²) in [6.45, 7) is 2.14. The Balaban J connectivity index is 2.35. The molecule has 0 radical (unpaired) electrons. The van der Waals surface area contributed by atoms with Gasteiger partial charge in [0, 0.05) is 19.3 Å². The number of carbonyl (C=O) groups excluding carboxylic acids is 2. The highest BCUT2D eigenvalue weighted by Gasteiger charge is 2.20. The summed E-state index contributed by atoms with van der Waals surface area (Å²) in [5.41, 5.74) is 0. The van der Waals surface area contributed by atoms with Gasteiger partial charge in [-0.25, -0.2) is 0 Å². The highest BCUT2D eigenvalue weighted by molar-refractivity contribution is 5.72. The molecule has 1 rings (SSSR count). The summed E-state index contributed by atoms with van der Waals surface area (Å²) >= 11 is 0. The largest absolute Gasteiger partial charge is 0.425 e. The lowest BCUT2D eigenvalue weighted by Gasteiger charge is -2.17. The molecular weight excluding hydrogens is 220 g/mol. The Hall–Kier alpha value is -1.06. The van der Waals surface area contributed by atoms with Crippen LogP contribution in [-0.4, -0.2) is 18.2 Å². The van der Waals surface area contributed by atoms with Crippen LogP contribution in [0.2, 0.25) is 0 Å². The first-order chi connectivity index (χ1) is 8.22. The van der Waals surface area contributed by atoms with Gasteiger partial charge in [0.25, 0.3) is 0 Å². The van der Waals surface area contributed by atoms with E-state index in [0.717, 1.165) is 25.7 Å². The summed E-state index contributed by atoms with van der Waals surface area (Å²) in [5, 5.41) is 0. The van der Waals surface area contributed by atoms with E-state index in [1.165, 1.54) is 0 Å². The molecule has 1 saturated heterocycles. The Bertz CT molecular complexity index is 230. The van der Waals surface area contributed by atoms with Crippen molar-refractivity contribution in [2.75, 3.05) is 0 Å². The predicted octanol–water partition coefficient (Wildman–Crippen LogP) is 2.94. The number of unbranched alkanes of at least 4 members (excludes halogenated alkanes) is 3. The second kappa shape index (κ2) is 8.09. The normalized spacial score (nSPS) is 18.9. The molecule has 0 amide bonds. The van der Waals surface area contributed by atoms with Crippen LogP contribution >= 0.6 is 0 Å². The molecule has 0 saturated carbocycles. The third-order valence-corrected chi connectivity index (χ3v) is 2.83. The molecule has 4 nitrogen and oxygen atoms in total. The number of carbonyl (C=O) groups is 2. The van der Waals surface area contributed by atoms with E-state index in [0.29, 0.717) is 32.1 Å². The van der Waals surface area contributed by atoms with E-state index in [1.54, 1.807) is 0 Å². The zero-order valence-corrected chi connectivity index (χ0v) is 10.6. The minimum atomic E-state index is -0.662. The predicted molar refractivity (Wildman–Crippen MR) is 63.2 cm³/mol. The molecule has 4 heteroatoms. The second-order valence-corrected chi connectivity index (χ2v) is 4.47. The maximum Gasteiger partial charge on any atom is 0.308 e. The van der Waals surface area contributed by atoms with Gasteiger partial charge in [0.15, 0.2) is 0 Å². The van der Waals surface area contributed by atoms with Gasteiger partial charge >= 0.3 is 11.9 Å². The van der Waals surface area contributed by atoms with Crippen molar-refractivity contribution in [1.82, 2.24) is 0 Å². The van der Waals surface area contributed by atoms with Crippen LogP contribution < -0.4 is 0 Å². The van der Waals surface area contributed by atoms with Crippen molar-refractivity contribution in [3.63, 3.8) is 0 Å². The quantitative estimate of drug-likeness (QED) is 0.549. The molecule has 0 bridgehead atoms. The first-order valence-corrected chi connectivity index (χ1v) is 6.61. The van der Waals surface area contributed by atoms with Crippen molar-refractivity contribution < 1.29 is 19.1 Å². The van der Waals surface area contributed by atoms with Gasteiger partial charge < -0.3 is 9.47 Å². The zero-order chi connectivity index (χ0) is 12.5. The van der Waals surface area contributed by atoms with Gasteiger partial charge in [-0.3, -0.25) is 9.59 Å². The molecule has 1 aliphatic rings. The molecule has 0 aromatic carbocycles. The van der Waals surface area contributed by atoms with Crippen molar-refractivity contribution >= 4 is 11.9 Å². The Labute approximate surface area is 103 Å². The molecule has 1 fully saturated rings. The molecule has 0 atom stereocenters. The Kier molecular flexibility index (Phi) is 6.67. The minimum Gasteiger partial charge on any atom is -0.425 e. The Morgan fingerprint density at radius 3 is 2.12 bits per heavy atom. The van der Waals surface area contributed by atoms with Crippen LogP contribution in [0.15, 0.2) is 0 Å². The number of esters is 2. The van der Waals surface area contributed by atoms with Crippen LogP contribution in [0.5, 0.6) is 0 Å². The van der Waals surface area contributed by atoms with Crippen LogP contribution in [0.3, 0.4) is 0 Å². The van der Waals surface area contributed by atoms with E-state index >= 15 is 0 Å². The van der Waals surface area contributed by atoms with E-state index in [2.05, 4.69) is 6.92 Å². The first kappa shape index (κ1) is 14.0. The lowest BCUT2D eigenvalue weighted by atomic mass is 10.1. The average Bonchev–Trinajstić information content (AvgIpc) is 2.36. The molecule has 0 unspecified atom stereocenters. The summed E-state index contributed by atoms with van der Waals surface area (Å²) in [5.74, 6) is -0.500. The van der Waals surface area contributed by atoms with Crippen molar-refractivity contribution in [1.29, 1.82) is 0 Å². The van der Waals surface area contributed by atoms with Crippen molar-refractivity contribution in [2.45, 2.75) is 71.0 Å². The molecule has 98 valence electrons. The fourth-order valence-corrected chi connectivity index (χ4v) is 1.83. The van der Waals surface area contributed by atoms with Crippen LogP contribution in [0.1, 0.15) is 64.7 Å². The lowest BCUT2D eigenvalue weighted by Crippen LogP contribution is -2.23. The molecule has 0 aromatic rings. The molecule has 1 aliphatic heterocycles. The van der Waals surface area contributed by atoms with E-state index in [9.17, 15) is 9.59 Å². The second-order valence-electron chi connectivity index (χ2n) is 4.47. The van der Waals surface area contributed by atoms with Crippen LogP contribution in [-0.2, 0) is 19.1 Å². The topological polar surface area (TPSA) is 52.6 Å². The number of hydrogen-bond acceptors (Lipinski definition) is 4. The maximum atomic E-state index is 11.4. The molecule has 0 spiro atoms. The molecule has 1 heterocycles. The number of hydrogen-bond donors (Lipinski definition) is 0. The fraction of sp³-hybridized carbons (Fsp3) is 0.846. The SMILES string of the molecule is CCCCCCC1OC(=O)CCCCC(=O)O1. The number of rotatable bonds is 5. The summed E-state index contributed by atoms with van der Waals surface area (Å²) in [4.78, 5) is 22.8. The van der Waals surface area contributed by atoms with Crippen LogP contribution in [0.4, 0.5) is 0 Å². The van der Waals surface area contributed by atoms with Gasteiger partial charge in [-0.15, -0.1) is 0 Å². The minimum absolute atomic E-state index is 0.250. The van der Waals surface area contributed by atoms with E-state index < -0.39 is 6.29 Å². The van der Waals surface area contributed by atoms with Gasteiger partial charge in [0.1, 0.15) is 0 Å². The monoisotopic (exact) mass is 242 g/mol. The average molecular weight is 242 g/mol. The van der Waals surface area contributed by atoms with Crippen LogP contribution in [0.25, 0.3) is 0 Å². The third kappa shape index (κ3) is 6.29.